The number of benzene rings is 2. The molecule has 136 valence electrons. The first-order chi connectivity index (χ1) is 12.4. The number of nitrogens with zero attached hydrogens (tertiary/aromatic N) is 2. The van der Waals surface area contributed by atoms with E-state index >= 15 is 0 Å². The van der Waals surface area contributed by atoms with Crippen molar-refractivity contribution in [1.82, 2.24) is 4.90 Å². The highest BCUT2D eigenvalue weighted by atomic mass is 19.1. The van der Waals surface area contributed by atoms with Gasteiger partial charge in [-0.05, 0) is 36.4 Å². The SMILES string of the molecule is CC(=O)N1CCN(c2ccc(OC(=O)c3cc(F)cc(F)c3)cc2)CC1. The fourth-order valence-electron chi connectivity index (χ4n) is 2.84. The molecular weight excluding hydrogens is 342 g/mol. The first-order valence-electron chi connectivity index (χ1n) is 8.21. The van der Waals surface area contributed by atoms with Gasteiger partial charge in [-0.1, -0.05) is 0 Å². The molecular formula is C19H18F2N2O3. The van der Waals surface area contributed by atoms with Gasteiger partial charge in [0.1, 0.15) is 17.4 Å². The maximum atomic E-state index is 13.2. The molecule has 2 aromatic carbocycles. The molecule has 0 saturated carbocycles. The van der Waals surface area contributed by atoms with Crippen molar-refractivity contribution in [2.45, 2.75) is 6.92 Å². The second-order valence-electron chi connectivity index (χ2n) is 6.03. The topological polar surface area (TPSA) is 49.9 Å². The second-order valence-corrected chi connectivity index (χ2v) is 6.03. The van der Waals surface area contributed by atoms with Crippen LogP contribution in [0.3, 0.4) is 0 Å². The summed E-state index contributed by atoms with van der Waals surface area (Å²) in [5.41, 5.74) is 0.761. The van der Waals surface area contributed by atoms with Crippen molar-refractivity contribution in [3.05, 3.63) is 59.7 Å². The highest BCUT2D eigenvalue weighted by molar-refractivity contribution is 5.91. The number of anilines is 1. The van der Waals surface area contributed by atoms with Gasteiger partial charge in [0.2, 0.25) is 5.91 Å². The molecule has 5 nitrogen and oxygen atoms in total. The normalized spacial score (nSPS) is 14.3. The Morgan fingerprint density at radius 3 is 2.04 bits per heavy atom. The third-order valence-corrected chi connectivity index (χ3v) is 4.24. The average Bonchev–Trinajstić information content (AvgIpc) is 2.61. The van der Waals surface area contributed by atoms with Crippen LogP contribution in [0.5, 0.6) is 5.75 Å². The molecule has 1 aliphatic heterocycles. The lowest BCUT2D eigenvalue weighted by atomic mass is 10.2. The molecule has 0 aromatic heterocycles. The van der Waals surface area contributed by atoms with E-state index in [0.29, 0.717) is 19.2 Å². The van der Waals surface area contributed by atoms with Gasteiger partial charge in [0.15, 0.2) is 0 Å². The fraction of sp³-hybridized carbons (Fsp3) is 0.263. The molecule has 0 bridgehead atoms. The number of piperazine rings is 1. The predicted octanol–water partition coefficient (Wildman–Crippen LogP) is 2.85. The van der Waals surface area contributed by atoms with Crippen LogP contribution in [0, 0.1) is 11.6 Å². The van der Waals surface area contributed by atoms with Crippen molar-refractivity contribution in [3.63, 3.8) is 0 Å². The first kappa shape index (κ1) is 17.8. The van der Waals surface area contributed by atoms with Gasteiger partial charge < -0.3 is 14.5 Å². The van der Waals surface area contributed by atoms with Crippen LogP contribution in [0.4, 0.5) is 14.5 Å². The van der Waals surface area contributed by atoms with E-state index in [2.05, 4.69) is 4.90 Å². The molecule has 0 atom stereocenters. The van der Waals surface area contributed by atoms with Gasteiger partial charge in [-0.3, -0.25) is 4.79 Å². The highest BCUT2D eigenvalue weighted by Gasteiger charge is 2.19. The molecule has 7 heteroatoms. The zero-order chi connectivity index (χ0) is 18.7. The number of carbonyl (C=O) groups excluding carboxylic acids is 2. The number of ether oxygens (including phenoxy) is 1. The average molecular weight is 360 g/mol. The van der Waals surface area contributed by atoms with Gasteiger partial charge in [-0.25, -0.2) is 13.6 Å². The van der Waals surface area contributed by atoms with E-state index in [1.807, 2.05) is 0 Å². The summed E-state index contributed by atoms with van der Waals surface area (Å²) in [5.74, 6) is -2.15. The van der Waals surface area contributed by atoms with Crippen molar-refractivity contribution in [3.8, 4) is 5.75 Å². The predicted molar refractivity (Wildman–Crippen MR) is 92.2 cm³/mol. The lowest BCUT2D eigenvalue weighted by molar-refractivity contribution is -0.129. The third kappa shape index (κ3) is 4.17. The van der Waals surface area contributed by atoms with E-state index in [-0.39, 0.29) is 17.2 Å². The summed E-state index contributed by atoms with van der Waals surface area (Å²) in [6, 6.07) is 9.40. The molecule has 3 rings (SSSR count). The number of hydrogen-bond acceptors (Lipinski definition) is 4. The van der Waals surface area contributed by atoms with E-state index in [1.54, 1.807) is 36.1 Å². The van der Waals surface area contributed by atoms with Gasteiger partial charge in [-0.15, -0.1) is 0 Å². The largest absolute Gasteiger partial charge is 0.423 e. The van der Waals surface area contributed by atoms with Crippen molar-refractivity contribution >= 4 is 17.6 Å². The molecule has 1 aliphatic rings. The summed E-state index contributed by atoms with van der Waals surface area (Å²) in [6.45, 7) is 4.33. The number of amides is 1. The van der Waals surface area contributed by atoms with Crippen LogP contribution in [-0.2, 0) is 4.79 Å². The molecule has 1 saturated heterocycles. The van der Waals surface area contributed by atoms with Crippen LogP contribution in [0.25, 0.3) is 0 Å². The monoisotopic (exact) mass is 360 g/mol. The Labute approximate surface area is 149 Å². The second kappa shape index (κ2) is 7.51. The van der Waals surface area contributed by atoms with Crippen LogP contribution in [0.15, 0.2) is 42.5 Å². The standard InChI is InChI=1S/C19H18F2N2O3/c1-13(24)22-6-8-23(9-7-22)17-2-4-18(5-3-17)26-19(25)14-10-15(20)12-16(21)11-14/h2-5,10-12H,6-9H2,1H3. The van der Waals surface area contributed by atoms with Crippen LogP contribution in [-0.4, -0.2) is 43.0 Å². The summed E-state index contributed by atoms with van der Waals surface area (Å²) in [7, 11) is 0. The Kier molecular flexibility index (Phi) is 5.16. The van der Waals surface area contributed by atoms with Gasteiger partial charge in [0.25, 0.3) is 0 Å². The van der Waals surface area contributed by atoms with Crippen LogP contribution < -0.4 is 9.64 Å². The Balaban J connectivity index is 1.63. The maximum absolute atomic E-state index is 13.2. The molecule has 0 aliphatic carbocycles. The lowest BCUT2D eigenvalue weighted by Gasteiger charge is -2.35. The zero-order valence-corrected chi connectivity index (χ0v) is 14.2. The van der Waals surface area contributed by atoms with Crippen molar-refractivity contribution < 1.29 is 23.1 Å². The Hall–Kier alpha value is -2.96. The van der Waals surface area contributed by atoms with Gasteiger partial charge >= 0.3 is 5.97 Å². The fourth-order valence-corrected chi connectivity index (χ4v) is 2.84. The summed E-state index contributed by atoms with van der Waals surface area (Å²) in [6.07, 6.45) is 0. The van der Waals surface area contributed by atoms with E-state index in [9.17, 15) is 18.4 Å². The van der Waals surface area contributed by atoms with E-state index in [0.717, 1.165) is 30.9 Å². The minimum Gasteiger partial charge on any atom is -0.423 e. The number of carbonyl (C=O) groups is 2. The minimum atomic E-state index is -0.836. The summed E-state index contributed by atoms with van der Waals surface area (Å²) in [5, 5.41) is 0. The first-order valence-corrected chi connectivity index (χ1v) is 8.21. The van der Waals surface area contributed by atoms with Gasteiger partial charge in [-0.2, -0.15) is 0 Å². The number of halogens is 2. The van der Waals surface area contributed by atoms with E-state index in [4.69, 9.17) is 4.74 Å². The molecule has 2 aromatic rings. The molecule has 1 fully saturated rings. The molecule has 0 unspecified atom stereocenters. The molecule has 0 radical (unpaired) electrons. The van der Waals surface area contributed by atoms with Gasteiger partial charge in [0.05, 0.1) is 5.56 Å². The number of rotatable bonds is 3. The molecule has 1 amide bonds. The van der Waals surface area contributed by atoms with Crippen LogP contribution >= 0.6 is 0 Å². The number of hydrogen-bond donors (Lipinski definition) is 0. The number of esters is 1. The zero-order valence-electron chi connectivity index (χ0n) is 14.2. The summed E-state index contributed by atoms with van der Waals surface area (Å²) >= 11 is 0. The molecule has 0 N–H and O–H groups in total. The lowest BCUT2D eigenvalue weighted by Crippen LogP contribution is -2.48. The highest BCUT2D eigenvalue weighted by Crippen LogP contribution is 2.22. The molecule has 1 heterocycles. The summed E-state index contributed by atoms with van der Waals surface area (Å²) in [4.78, 5) is 27.3. The summed E-state index contributed by atoms with van der Waals surface area (Å²) < 4.78 is 31.5. The van der Waals surface area contributed by atoms with E-state index in [1.165, 1.54) is 0 Å². The third-order valence-electron chi connectivity index (χ3n) is 4.24. The van der Waals surface area contributed by atoms with Crippen molar-refractivity contribution in [2.24, 2.45) is 0 Å². The Bertz CT molecular complexity index is 796. The van der Waals surface area contributed by atoms with Crippen molar-refractivity contribution in [1.29, 1.82) is 0 Å². The molecule has 26 heavy (non-hydrogen) atoms. The smallest absolute Gasteiger partial charge is 0.343 e. The quantitative estimate of drug-likeness (QED) is 0.624. The van der Waals surface area contributed by atoms with E-state index < -0.39 is 17.6 Å². The van der Waals surface area contributed by atoms with Gasteiger partial charge in [0, 0.05) is 44.9 Å². The van der Waals surface area contributed by atoms with Crippen molar-refractivity contribution in [2.75, 3.05) is 31.1 Å². The van der Waals surface area contributed by atoms with Crippen LogP contribution in [0.1, 0.15) is 17.3 Å². The Morgan fingerprint density at radius 1 is 0.923 bits per heavy atom. The maximum Gasteiger partial charge on any atom is 0.343 e. The van der Waals surface area contributed by atoms with Crippen LogP contribution in [0.2, 0.25) is 0 Å². The molecule has 0 spiro atoms. The Morgan fingerprint density at radius 2 is 1.50 bits per heavy atom. The minimum absolute atomic E-state index is 0.0701.